The SMILES string of the molecule is CCCCCCCCCCCCCCCC[C@@H](CO[C@H]1O[C@H](CO)[C@@H](O)[C@@H](O)[C@H]1O)NC(=O)CCCCCCCCCCCCC. The average Bonchev–Trinajstić information content (AvgIpc) is 3.05. The van der Waals surface area contributed by atoms with E-state index in [-0.39, 0.29) is 18.6 Å². The summed E-state index contributed by atoms with van der Waals surface area (Å²) in [5.41, 5.74) is 0. The molecule has 0 aliphatic carbocycles. The molecule has 1 heterocycles. The van der Waals surface area contributed by atoms with Gasteiger partial charge in [0.15, 0.2) is 6.29 Å². The molecule has 1 aliphatic rings. The molecule has 1 saturated heterocycles. The molecule has 6 atom stereocenters. The van der Waals surface area contributed by atoms with Crippen LogP contribution in [0.4, 0.5) is 0 Å². The van der Waals surface area contributed by atoms with Crippen molar-refractivity contribution in [2.24, 2.45) is 0 Å². The molecule has 0 spiro atoms. The minimum absolute atomic E-state index is 0.0173. The van der Waals surface area contributed by atoms with Crippen LogP contribution in [-0.2, 0) is 14.3 Å². The van der Waals surface area contributed by atoms with E-state index in [1.807, 2.05) is 0 Å². The molecular formula is C38H75NO7. The maximum atomic E-state index is 12.8. The maximum absolute atomic E-state index is 12.8. The number of rotatable bonds is 32. The highest BCUT2D eigenvalue weighted by molar-refractivity contribution is 5.76. The highest BCUT2D eigenvalue weighted by Crippen LogP contribution is 2.23. The first-order valence-corrected chi connectivity index (χ1v) is 19.7. The van der Waals surface area contributed by atoms with Gasteiger partial charge in [0.2, 0.25) is 5.91 Å². The number of aliphatic hydroxyl groups excluding tert-OH is 4. The Labute approximate surface area is 282 Å². The summed E-state index contributed by atoms with van der Waals surface area (Å²) in [5.74, 6) is 0.0173. The average molecular weight is 658 g/mol. The third kappa shape index (κ3) is 22.0. The molecule has 5 N–H and O–H groups in total. The van der Waals surface area contributed by atoms with Gasteiger partial charge in [-0.15, -0.1) is 0 Å². The zero-order chi connectivity index (χ0) is 33.7. The molecular weight excluding hydrogens is 582 g/mol. The summed E-state index contributed by atoms with van der Waals surface area (Å²) in [4.78, 5) is 12.8. The summed E-state index contributed by atoms with van der Waals surface area (Å²) in [5, 5.41) is 43.2. The number of ether oxygens (including phenoxy) is 2. The van der Waals surface area contributed by atoms with E-state index in [1.54, 1.807) is 0 Å². The van der Waals surface area contributed by atoms with Crippen molar-refractivity contribution in [1.29, 1.82) is 0 Å². The van der Waals surface area contributed by atoms with Crippen molar-refractivity contribution in [2.45, 2.75) is 224 Å². The van der Waals surface area contributed by atoms with E-state index < -0.39 is 37.3 Å². The lowest BCUT2D eigenvalue weighted by molar-refractivity contribution is -0.302. The summed E-state index contributed by atoms with van der Waals surface area (Å²) < 4.78 is 11.3. The molecule has 0 bridgehead atoms. The molecule has 0 unspecified atom stereocenters. The Morgan fingerprint density at radius 3 is 1.46 bits per heavy atom. The van der Waals surface area contributed by atoms with Gasteiger partial charge in [-0.3, -0.25) is 4.79 Å². The van der Waals surface area contributed by atoms with E-state index in [0.717, 1.165) is 32.1 Å². The van der Waals surface area contributed by atoms with Crippen LogP contribution in [0.3, 0.4) is 0 Å². The van der Waals surface area contributed by atoms with Gasteiger partial charge in [0.05, 0.1) is 19.3 Å². The molecule has 0 radical (unpaired) electrons. The first-order chi connectivity index (χ1) is 22.4. The Hall–Kier alpha value is -0.770. The lowest BCUT2D eigenvalue weighted by Crippen LogP contribution is -2.59. The molecule has 46 heavy (non-hydrogen) atoms. The zero-order valence-corrected chi connectivity index (χ0v) is 30.0. The largest absolute Gasteiger partial charge is 0.394 e. The summed E-state index contributed by atoms with van der Waals surface area (Å²) in [6.45, 7) is 4.15. The molecule has 274 valence electrons. The first kappa shape index (κ1) is 43.3. The van der Waals surface area contributed by atoms with Gasteiger partial charge in [0, 0.05) is 6.42 Å². The predicted molar refractivity (Wildman–Crippen MR) is 188 cm³/mol. The van der Waals surface area contributed by atoms with Crippen LogP contribution in [0, 0.1) is 0 Å². The Bertz CT molecular complexity index is 679. The number of amides is 1. The maximum Gasteiger partial charge on any atom is 0.220 e. The summed E-state index contributed by atoms with van der Waals surface area (Å²) >= 11 is 0. The van der Waals surface area contributed by atoms with Crippen molar-refractivity contribution in [3.63, 3.8) is 0 Å². The number of aliphatic hydroxyl groups is 4. The van der Waals surface area contributed by atoms with Gasteiger partial charge in [-0.1, -0.05) is 168 Å². The minimum atomic E-state index is -1.48. The third-order valence-electron chi connectivity index (χ3n) is 9.59. The van der Waals surface area contributed by atoms with Crippen LogP contribution in [0.15, 0.2) is 0 Å². The number of nitrogens with one attached hydrogen (secondary N) is 1. The Morgan fingerprint density at radius 1 is 0.609 bits per heavy atom. The van der Waals surface area contributed by atoms with Gasteiger partial charge in [-0.2, -0.15) is 0 Å². The molecule has 0 aromatic heterocycles. The second kappa shape index (κ2) is 30.3. The van der Waals surface area contributed by atoms with Crippen LogP contribution >= 0.6 is 0 Å². The second-order valence-electron chi connectivity index (χ2n) is 14.0. The van der Waals surface area contributed by atoms with Crippen molar-refractivity contribution in [3.05, 3.63) is 0 Å². The molecule has 0 aromatic carbocycles. The summed E-state index contributed by atoms with van der Waals surface area (Å²) in [6.07, 6.45) is 26.4. The number of unbranched alkanes of at least 4 members (excludes halogenated alkanes) is 23. The fourth-order valence-electron chi connectivity index (χ4n) is 6.45. The lowest BCUT2D eigenvalue weighted by Gasteiger charge is -2.40. The van der Waals surface area contributed by atoms with Crippen LogP contribution in [0.5, 0.6) is 0 Å². The molecule has 1 amide bonds. The minimum Gasteiger partial charge on any atom is -0.394 e. The smallest absolute Gasteiger partial charge is 0.220 e. The highest BCUT2D eigenvalue weighted by Gasteiger charge is 2.44. The van der Waals surface area contributed by atoms with E-state index in [2.05, 4.69) is 19.2 Å². The number of carbonyl (C=O) groups excluding carboxylic acids is 1. The quantitative estimate of drug-likeness (QED) is 0.0466. The van der Waals surface area contributed by atoms with Crippen molar-refractivity contribution in [3.8, 4) is 0 Å². The molecule has 0 saturated carbocycles. The molecule has 8 nitrogen and oxygen atoms in total. The summed E-state index contributed by atoms with van der Waals surface area (Å²) in [6, 6.07) is -0.232. The zero-order valence-electron chi connectivity index (χ0n) is 30.0. The van der Waals surface area contributed by atoms with E-state index in [1.165, 1.54) is 135 Å². The van der Waals surface area contributed by atoms with Crippen LogP contribution in [0.2, 0.25) is 0 Å². The lowest BCUT2D eigenvalue weighted by atomic mass is 9.99. The fraction of sp³-hybridized carbons (Fsp3) is 0.974. The monoisotopic (exact) mass is 658 g/mol. The fourth-order valence-corrected chi connectivity index (χ4v) is 6.45. The van der Waals surface area contributed by atoms with Crippen molar-refractivity contribution in [2.75, 3.05) is 13.2 Å². The van der Waals surface area contributed by atoms with E-state index >= 15 is 0 Å². The van der Waals surface area contributed by atoms with Crippen molar-refractivity contribution in [1.82, 2.24) is 5.32 Å². The first-order valence-electron chi connectivity index (χ1n) is 19.7. The van der Waals surface area contributed by atoms with E-state index in [0.29, 0.717) is 6.42 Å². The van der Waals surface area contributed by atoms with Crippen molar-refractivity contribution >= 4 is 5.91 Å². The van der Waals surface area contributed by atoms with Gasteiger partial charge >= 0.3 is 0 Å². The number of carbonyl (C=O) groups is 1. The van der Waals surface area contributed by atoms with Crippen molar-refractivity contribution < 1.29 is 34.7 Å². The molecule has 1 aliphatic heterocycles. The van der Waals surface area contributed by atoms with Crippen LogP contribution in [-0.4, -0.2) is 76.3 Å². The highest BCUT2D eigenvalue weighted by atomic mass is 16.7. The topological polar surface area (TPSA) is 128 Å². The van der Waals surface area contributed by atoms with Crippen LogP contribution < -0.4 is 5.32 Å². The third-order valence-corrected chi connectivity index (χ3v) is 9.59. The Morgan fingerprint density at radius 2 is 1.02 bits per heavy atom. The predicted octanol–water partition coefficient (Wildman–Crippen LogP) is 7.86. The summed E-state index contributed by atoms with van der Waals surface area (Å²) in [7, 11) is 0. The van der Waals surface area contributed by atoms with Gasteiger partial charge in [-0.05, 0) is 12.8 Å². The Balaban J connectivity index is 2.33. The van der Waals surface area contributed by atoms with Gasteiger partial charge in [0.25, 0.3) is 0 Å². The number of hydrogen-bond acceptors (Lipinski definition) is 7. The molecule has 1 rings (SSSR count). The van der Waals surface area contributed by atoms with E-state index in [9.17, 15) is 25.2 Å². The van der Waals surface area contributed by atoms with Gasteiger partial charge in [0.1, 0.15) is 24.4 Å². The van der Waals surface area contributed by atoms with Crippen LogP contribution in [0.1, 0.15) is 187 Å². The van der Waals surface area contributed by atoms with E-state index in [4.69, 9.17) is 9.47 Å². The second-order valence-corrected chi connectivity index (χ2v) is 14.0. The normalized spacial score (nSPS) is 22.3. The van der Waals surface area contributed by atoms with Gasteiger partial charge < -0.3 is 35.2 Å². The molecule has 8 heteroatoms. The van der Waals surface area contributed by atoms with Crippen LogP contribution in [0.25, 0.3) is 0 Å². The molecule has 0 aromatic rings. The Kier molecular flexibility index (Phi) is 28.5. The molecule has 1 fully saturated rings. The number of hydrogen-bond donors (Lipinski definition) is 5. The van der Waals surface area contributed by atoms with Gasteiger partial charge in [-0.25, -0.2) is 0 Å². The standard InChI is InChI=1S/C38H75NO7/c1-3-5-7-9-11-13-15-16-17-19-20-22-24-26-28-32(31-45-38-37(44)36(43)35(42)33(30-40)46-38)39-34(41)29-27-25-23-21-18-14-12-10-8-6-4-2/h32-33,35-38,40,42-44H,3-31H2,1-2H3,(H,39,41)/t32-,33+,35+,36+,37+,38-/m0/s1.